The number of hydrogen-bond donors (Lipinski definition) is 1. The molecule has 0 saturated carbocycles. The molecule has 1 amide bonds. The molecule has 0 fully saturated rings. The first kappa shape index (κ1) is 21.5. The van der Waals surface area contributed by atoms with E-state index in [1.165, 1.54) is 0 Å². The fraction of sp³-hybridized carbons (Fsp3) is 0.391. The normalized spacial score (nSPS) is 11.6. The SMILES string of the molecule is CCC[C@H](NC(=O)COC(=O)COc1c(C)cc(C)cc1C)c1ccccc1. The highest BCUT2D eigenvalue weighted by Gasteiger charge is 2.16. The molecule has 0 unspecified atom stereocenters. The van der Waals surface area contributed by atoms with E-state index in [0.717, 1.165) is 35.1 Å². The first-order valence-corrected chi connectivity index (χ1v) is 9.61. The third kappa shape index (κ3) is 6.41. The highest BCUT2D eigenvalue weighted by molar-refractivity contribution is 5.81. The van der Waals surface area contributed by atoms with Gasteiger partial charge in [0, 0.05) is 0 Å². The van der Waals surface area contributed by atoms with E-state index in [9.17, 15) is 9.59 Å². The van der Waals surface area contributed by atoms with Crippen molar-refractivity contribution in [3.05, 3.63) is 64.7 Å². The lowest BCUT2D eigenvalue weighted by molar-refractivity contribution is -0.150. The third-order valence-corrected chi connectivity index (χ3v) is 4.42. The summed E-state index contributed by atoms with van der Waals surface area (Å²) in [4.78, 5) is 24.2. The van der Waals surface area contributed by atoms with E-state index in [0.29, 0.717) is 5.75 Å². The second-order valence-corrected chi connectivity index (χ2v) is 7.00. The molecule has 0 radical (unpaired) electrons. The molecule has 2 aromatic carbocycles. The molecule has 0 aliphatic heterocycles. The molecule has 0 saturated heterocycles. The van der Waals surface area contributed by atoms with Crippen LogP contribution in [-0.2, 0) is 14.3 Å². The van der Waals surface area contributed by atoms with Crippen molar-refractivity contribution in [2.24, 2.45) is 0 Å². The van der Waals surface area contributed by atoms with Crippen molar-refractivity contribution in [2.75, 3.05) is 13.2 Å². The number of amides is 1. The highest BCUT2D eigenvalue weighted by Crippen LogP contribution is 2.24. The van der Waals surface area contributed by atoms with E-state index in [4.69, 9.17) is 9.47 Å². The number of aryl methyl sites for hydroxylation is 3. The summed E-state index contributed by atoms with van der Waals surface area (Å²) in [6.07, 6.45) is 1.75. The van der Waals surface area contributed by atoms with Gasteiger partial charge in [-0.15, -0.1) is 0 Å². The van der Waals surface area contributed by atoms with Crippen LogP contribution in [0.3, 0.4) is 0 Å². The van der Waals surface area contributed by atoms with Crippen LogP contribution < -0.4 is 10.1 Å². The Kier molecular flexibility index (Phi) is 8.05. The summed E-state index contributed by atoms with van der Waals surface area (Å²) in [7, 11) is 0. The van der Waals surface area contributed by atoms with Gasteiger partial charge >= 0.3 is 5.97 Å². The molecule has 0 aromatic heterocycles. The van der Waals surface area contributed by atoms with E-state index in [2.05, 4.69) is 12.2 Å². The number of carbonyl (C=O) groups excluding carboxylic acids is 2. The van der Waals surface area contributed by atoms with Gasteiger partial charge < -0.3 is 14.8 Å². The van der Waals surface area contributed by atoms with Gasteiger partial charge in [-0.25, -0.2) is 4.79 Å². The predicted octanol–water partition coefficient (Wildman–Crippen LogP) is 4.19. The Balaban J connectivity index is 1.82. The second kappa shape index (κ2) is 10.5. The Labute approximate surface area is 167 Å². The fourth-order valence-corrected chi connectivity index (χ4v) is 3.25. The number of esters is 1. The zero-order chi connectivity index (χ0) is 20.5. The van der Waals surface area contributed by atoms with Crippen LogP contribution >= 0.6 is 0 Å². The minimum absolute atomic E-state index is 0.0912. The van der Waals surface area contributed by atoms with Crippen LogP contribution in [0.2, 0.25) is 0 Å². The number of hydrogen-bond acceptors (Lipinski definition) is 4. The summed E-state index contributed by atoms with van der Waals surface area (Å²) in [5, 5.41) is 2.93. The number of ether oxygens (including phenoxy) is 2. The zero-order valence-corrected chi connectivity index (χ0v) is 17.1. The molecule has 0 aliphatic carbocycles. The Morgan fingerprint density at radius 1 is 1.00 bits per heavy atom. The summed E-state index contributed by atoms with van der Waals surface area (Å²) >= 11 is 0. The van der Waals surface area contributed by atoms with Crippen molar-refractivity contribution in [3.63, 3.8) is 0 Å². The van der Waals surface area contributed by atoms with Crippen LogP contribution in [0.4, 0.5) is 0 Å². The Morgan fingerprint density at radius 3 is 2.25 bits per heavy atom. The van der Waals surface area contributed by atoms with Crippen LogP contribution in [0.25, 0.3) is 0 Å². The van der Waals surface area contributed by atoms with E-state index in [-0.39, 0.29) is 25.2 Å². The van der Waals surface area contributed by atoms with Crippen LogP contribution in [0.15, 0.2) is 42.5 Å². The second-order valence-electron chi connectivity index (χ2n) is 7.00. The summed E-state index contributed by atoms with van der Waals surface area (Å²) in [5.41, 5.74) is 4.11. The van der Waals surface area contributed by atoms with Gasteiger partial charge in [0.05, 0.1) is 6.04 Å². The van der Waals surface area contributed by atoms with Crippen molar-refractivity contribution in [1.29, 1.82) is 0 Å². The van der Waals surface area contributed by atoms with Gasteiger partial charge in [-0.1, -0.05) is 61.4 Å². The van der Waals surface area contributed by atoms with E-state index in [1.807, 2.05) is 63.2 Å². The highest BCUT2D eigenvalue weighted by atomic mass is 16.6. The maximum absolute atomic E-state index is 12.2. The maximum atomic E-state index is 12.2. The standard InChI is InChI=1S/C23H29NO4/c1-5-9-20(19-10-7-6-8-11-19)24-21(25)14-27-22(26)15-28-23-17(3)12-16(2)13-18(23)4/h6-8,10-13,20H,5,9,14-15H2,1-4H3,(H,24,25)/t20-/m0/s1. The van der Waals surface area contributed by atoms with E-state index >= 15 is 0 Å². The Bertz CT molecular complexity index is 778. The van der Waals surface area contributed by atoms with Gasteiger partial charge in [-0.05, 0) is 43.9 Å². The summed E-state index contributed by atoms with van der Waals surface area (Å²) < 4.78 is 10.7. The molecular formula is C23H29NO4. The molecule has 2 rings (SSSR count). The maximum Gasteiger partial charge on any atom is 0.344 e. The largest absolute Gasteiger partial charge is 0.481 e. The Hall–Kier alpha value is -2.82. The van der Waals surface area contributed by atoms with Crippen molar-refractivity contribution in [2.45, 2.75) is 46.6 Å². The Morgan fingerprint density at radius 2 is 1.64 bits per heavy atom. The smallest absolute Gasteiger partial charge is 0.344 e. The first-order valence-electron chi connectivity index (χ1n) is 9.61. The summed E-state index contributed by atoms with van der Waals surface area (Å²) in [6.45, 7) is 7.40. The third-order valence-electron chi connectivity index (χ3n) is 4.42. The molecule has 0 bridgehead atoms. The minimum atomic E-state index is -0.568. The van der Waals surface area contributed by atoms with Gasteiger partial charge in [-0.3, -0.25) is 4.79 Å². The minimum Gasteiger partial charge on any atom is -0.481 e. The molecular weight excluding hydrogens is 354 g/mol. The summed E-state index contributed by atoms with van der Waals surface area (Å²) in [5.74, 6) is -0.210. The average molecular weight is 383 g/mol. The number of benzene rings is 2. The van der Waals surface area contributed by atoms with Crippen molar-refractivity contribution in [3.8, 4) is 5.75 Å². The lowest BCUT2D eigenvalue weighted by Gasteiger charge is -2.18. The number of carbonyl (C=O) groups is 2. The number of rotatable bonds is 9. The molecule has 5 nitrogen and oxygen atoms in total. The van der Waals surface area contributed by atoms with Gasteiger partial charge in [0.1, 0.15) is 5.75 Å². The molecule has 5 heteroatoms. The van der Waals surface area contributed by atoms with E-state index in [1.54, 1.807) is 0 Å². The molecule has 150 valence electrons. The first-order chi connectivity index (χ1) is 13.4. The lowest BCUT2D eigenvalue weighted by atomic mass is 10.0. The number of nitrogens with one attached hydrogen (secondary N) is 1. The molecule has 2 aromatic rings. The molecule has 0 heterocycles. The van der Waals surface area contributed by atoms with Gasteiger partial charge in [0.2, 0.25) is 0 Å². The monoisotopic (exact) mass is 383 g/mol. The van der Waals surface area contributed by atoms with Gasteiger partial charge in [0.25, 0.3) is 5.91 Å². The molecule has 28 heavy (non-hydrogen) atoms. The topological polar surface area (TPSA) is 64.6 Å². The fourth-order valence-electron chi connectivity index (χ4n) is 3.25. The van der Waals surface area contributed by atoms with Crippen LogP contribution in [0.5, 0.6) is 5.75 Å². The van der Waals surface area contributed by atoms with Crippen molar-refractivity contribution in [1.82, 2.24) is 5.32 Å². The quantitative estimate of drug-likeness (QED) is 0.660. The van der Waals surface area contributed by atoms with Gasteiger partial charge in [0.15, 0.2) is 13.2 Å². The van der Waals surface area contributed by atoms with Crippen LogP contribution in [0.1, 0.15) is 48.1 Å². The van der Waals surface area contributed by atoms with E-state index < -0.39 is 5.97 Å². The zero-order valence-electron chi connectivity index (χ0n) is 17.1. The average Bonchev–Trinajstić information content (AvgIpc) is 2.66. The van der Waals surface area contributed by atoms with Crippen molar-refractivity contribution < 1.29 is 19.1 Å². The van der Waals surface area contributed by atoms with Gasteiger partial charge in [-0.2, -0.15) is 0 Å². The molecule has 0 aliphatic rings. The lowest BCUT2D eigenvalue weighted by Crippen LogP contribution is -2.33. The molecule has 1 N–H and O–H groups in total. The van der Waals surface area contributed by atoms with Crippen LogP contribution in [-0.4, -0.2) is 25.1 Å². The van der Waals surface area contributed by atoms with Crippen molar-refractivity contribution >= 4 is 11.9 Å². The molecule has 1 atom stereocenters. The predicted molar refractivity (Wildman–Crippen MR) is 109 cm³/mol. The van der Waals surface area contributed by atoms with Crippen LogP contribution in [0, 0.1) is 20.8 Å². The molecule has 0 spiro atoms. The summed E-state index contributed by atoms with van der Waals surface area (Å²) in [6, 6.07) is 13.7.